The zero-order valence-corrected chi connectivity index (χ0v) is 11.2. The van der Waals surface area contributed by atoms with Crippen LogP contribution in [0, 0.1) is 5.82 Å². The molecule has 1 aromatic heterocycles. The average Bonchev–Trinajstić information content (AvgIpc) is 2.85. The molecule has 1 heterocycles. The highest BCUT2D eigenvalue weighted by Crippen LogP contribution is 2.33. The first-order valence-electron chi connectivity index (χ1n) is 5.70. The minimum absolute atomic E-state index is 0.106. The molecular formula is C13H9F4NO2S. The molecular weight excluding hydrogens is 310 g/mol. The fourth-order valence-corrected chi connectivity index (χ4v) is 2.42. The largest absolute Gasteiger partial charge is 0.477 e. The van der Waals surface area contributed by atoms with Crippen LogP contribution >= 0.6 is 11.3 Å². The maximum Gasteiger partial charge on any atom is 0.419 e. The molecule has 8 heteroatoms. The Balaban J connectivity index is 2.11. The first-order valence-corrected chi connectivity index (χ1v) is 6.51. The van der Waals surface area contributed by atoms with Gasteiger partial charge in [0.05, 0.1) is 5.56 Å². The summed E-state index contributed by atoms with van der Waals surface area (Å²) >= 11 is 1.01. The van der Waals surface area contributed by atoms with Gasteiger partial charge >= 0.3 is 12.1 Å². The Hall–Kier alpha value is -2.09. The van der Waals surface area contributed by atoms with Crippen LogP contribution in [0.2, 0.25) is 0 Å². The molecule has 0 bridgehead atoms. The van der Waals surface area contributed by atoms with E-state index in [1.807, 2.05) is 0 Å². The minimum atomic E-state index is -4.76. The summed E-state index contributed by atoms with van der Waals surface area (Å²) in [5, 5.41) is 11.5. The Morgan fingerprint density at radius 2 is 1.95 bits per heavy atom. The number of carboxylic acid groups (broad SMARTS) is 1. The molecule has 2 rings (SSSR count). The molecule has 21 heavy (non-hydrogen) atoms. The van der Waals surface area contributed by atoms with Gasteiger partial charge in [-0.3, -0.25) is 0 Å². The van der Waals surface area contributed by atoms with Gasteiger partial charge < -0.3 is 10.4 Å². The lowest BCUT2D eigenvalue weighted by Gasteiger charge is -2.11. The lowest BCUT2D eigenvalue weighted by molar-refractivity contribution is -0.139. The maximum absolute atomic E-state index is 13.1. The van der Waals surface area contributed by atoms with Gasteiger partial charge in [0.15, 0.2) is 0 Å². The second kappa shape index (κ2) is 5.72. The Morgan fingerprint density at radius 3 is 2.52 bits per heavy atom. The summed E-state index contributed by atoms with van der Waals surface area (Å²) in [6.45, 7) is 0.154. The van der Waals surface area contributed by atoms with Crippen LogP contribution in [0.4, 0.5) is 23.2 Å². The molecule has 1 aromatic carbocycles. The number of carboxylic acids is 1. The smallest absolute Gasteiger partial charge is 0.419 e. The minimum Gasteiger partial charge on any atom is -0.477 e. The second-order valence-corrected chi connectivity index (χ2v) is 5.29. The van der Waals surface area contributed by atoms with Crippen molar-refractivity contribution in [3.8, 4) is 0 Å². The van der Waals surface area contributed by atoms with E-state index in [-0.39, 0.29) is 17.1 Å². The van der Waals surface area contributed by atoms with Gasteiger partial charge in [-0.15, -0.1) is 11.3 Å². The summed E-state index contributed by atoms with van der Waals surface area (Å²) in [7, 11) is 0. The van der Waals surface area contributed by atoms with Crippen LogP contribution in [0.25, 0.3) is 0 Å². The van der Waals surface area contributed by atoms with E-state index < -0.39 is 23.5 Å². The molecule has 0 unspecified atom stereocenters. The number of hydrogen-bond donors (Lipinski definition) is 2. The van der Waals surface area contributed by atoms with Crippen molar-refractivity contribution in [1.29, 1.82) is 0 Å². The number of alkyl halides is 3. The predicted octanol–water partition coefficient (Wildman–Crippen LogP) is 4.22. The van der Waals surface area contributed by atoms with Gasteiger partial charge in [0, 0.05) is 17.1 Å². The molecule has 0 saturated heterocycles. The second-order valence-electron chi connectivity index (χ2n) is 4.12. The average molecular weight is 319 g/mol. The van der Waals surface area contributed by atoms with Crippen LogP contribution in [0.3, 0.4) is 0 Å². The molecule has 0 saturated carbocycles. The fraction of sp³-hybridized carbons (Fsp3) is 0.154. The Bertz CT molecular complexity index is 666. The number of carbonyl (C=O) groups is 1. The van der Waals surface area contributed by atoms with Crippen LogP contribution < -0.4 is 5.32 Å². The Morgan fingerprint density at radius 1 is 1.24 bits per heavy atom. The van der Waals surface area contributed by atoms with E-state index in [2.05, 4.69) is 5.32 Å². The van der Waals surface area contributed by atoms with Crippen molar-refractivity contribution in [2.75, 3.05) is 5.32 Å². The van der Waals surface area contributed by atoms with Crippen molar-refractivity contribution in [2.45, 2.75) is 12.7 Å². The first kappa shape index (κ1) is 15.3. The van der Waals surface area contributed by atoms with Crippen molar-refractivity contribution in [1.82, 2.24) is 0 Å². The number of rotatable bonds is 4. The van der Waals surface area contributed by atoms with E-state index in [4.69, 9.17) is 5.11 Å². The highest BCUT2D eigenvalue weighted by atomic mass is 32.1. The number of thiophene rings is 1. The molecule has 2 aromatic rings. The van der Waals surface area contributed by atoms with Crippen LogP contribution in [-0.2, 0) is 12.7 Å². The summed E-state index contributed by atoms with van der Waals surface area (Å²) in [5.41, 5.74) is -1.24. The van der Waals surface area contributed by atoms with Crippen molar-refractivity contribution >= 4 is 23.0 Å². The molecule has 3 nitrogen and oxygen atoms in total. The van der Waals surface area contributed by atoms with Crippen molar-refractivity contribution < 1.29 is 27.5 Å². The van der Waals surface area contributed by atoms with E-state index in [0.717, 1.165) is 17.4 Å². The summed E-state index contributed by atoms with van der Waals surface area (Å²) in [6, 6.07) is 5.59. The van der Waals surface area contributed by atoms with Gasteiger partial charge in [-0.1, -0.05) is 0 Å². The molecule has 2 N–H and O–H groups in total. The third kappa shape index (κ3) is 3.72. The van der Waals surface area contributed by atoms with E-state index in [1.165, 1.54) is 12.1 Å². The summed E-state index contributed by atoms with van der Waals surface area (Å²) in [6.07, 6.45) is -4.76. The zero-order chi connectivity index (χ0) is 15.6. The number of aromatic carboxylic acids is 1. The van der Waals surface area contributed by atoms with Gasteiger partial charge in [-0.25, -0.2) is 9.18 Å². The number of anilines is 1. The summed E-state index contributed by atoms with van der Waals surface area (Å²) < 4.78 is 50.8. The summed E-state index contributed by atoms with van der Waals surface area (Å²) in [4.78, 5) is 11.5. The number of nitrogens with one attached hydrogen (secondary N) is 1. The van der Waals surface area contributed by atoms with Gasteiger partial charge in [0.1, 0.15) is 10.7 Å². The van der Waals surface area contributed by atoms with E-state index in [1.54, 1.807) is 6.07 Å². The Labute approximate surface area is 120 Å². The highest BCUT2D eigenvalue weighted by Gasteiger charge is 2.34. The van der Waals surface area contributed by atoms with Gasteiger partial charge in [-0.05, 0) is 30.3 Å². The van der Waals surface area contributed by atoms with Crippen molar-refractivity contribution in [3.05, 3.63) is 51.5 Å². The third-order valence-electron chi connectivity index (χ3n) is 2.61. The molecule has 0 atom stereocenters. The molecule has 112 valence electrons. The third-order valence-corrected chi connectivity index (χ3v) is 3.68. The highest BCUT2D eigenvalue weighted by molar-refractivity contribution is 7.13. The topological polar surface area (TPSA) is 49.3 Å². The predicted molar refractivity (Wildman–Crippen MR) is 70.0 cm³/mol. The first-order chi connectivity index (χ1) is 9.77. The molecule has 0 spiro atoms. The zero-order valence-electron chi connectivity index (χ0n) is 10.4. The van der Waals surface area contributed by atoms with E-state index in [0.29, 0.717) is 10.9 Å². The molecule has 0 radical (unpaired) electrons. The van der Waals surface area contributed by atoms with Crippen molar-refractivity contribution in [2.24, 2.45) is 0 Å². The van der Waals surface area contributed by atoms with Gasteiger partial charge in [0.2, 0.25) is 0 Å². The number of halogens is 4. The Kier molecular flexibility index (Phi) is 4.17. The summed E-state index contributed by atoms with van der Waals surface area (Å²) in [5.74, 6) is -2.40. The van der Waals surface area contributed by atoms with E-state index >= 15 is 0 Å². The van der Waals surface area contributed by atoms with Gasteiger partial charge in [-0.2, -0.15) is 13.2 Å². The van der Waals surface area contributed by atoms with Crippen molar-refractivity contribution in [3.63, 3.8) is 0 Å². The lowest BCUT2D eigenvalue weighted by atomic mass is 10.2. The van der Waals surface area contributed by atoms with Crippen LogP contribution in [-0.4, -0.2) is 11.1 Å². The standard InChI is InChI=1S/C13H9F4NO2S/c14-10-3-1-7(5-9(10)13(15,16)17)18-6-8-2-4-11(21-8)12(19)20/h1-5,18H,6H2,(H,19,20). The molecule has 0 aliphatic rings. The quantitative estimate of drug-likeness (QED) is 0.830. The SMILES string of the molecule is O=C(O)c1ccc(CNc2ccc(F)c(C(F)(F)F)c2)s1. The molecule has 0 amide bonds. The fourth-order valence-electron chi connectivity index (χ4n) is 1.63. The van der Waals surface area contributed by atoms with Crippen LogP contribution in [0.1, 0.15) is 20.1 Å². The molecule has 0 aliphatic heterocycles. The molecule has 0 fully saturated rings. The lowest BCUT2D eigenvalue weighted by Crippen LogP contribution is -2.09. The van der Waals surface area contributed by atoms with Crippen LogP contribution in [0.15, 0.2) is 30.3 Å². The maximum atomic E-state index is 13.1. The normalized spacial score (nSPS) is 11.4. The number of hydrogen-bond acceptors (Lipinski definition) is 3. The van der Waals surface area contributed by atoms with E-state index in [9.17, 15) is 22.4 Å². The number of benzene rings is 1. The van der Waals surface area contributed by atoms with Crippen LogP contribution in [0.5, 0.6) is 0 Å². The van der Waals surface area contributed by atoms with Gasteiger partial charge in [0.25, 0.3) is 0 Å². The monoisotopic (exact) mass is 319 g/mol. The molecule has 0 aliphatic carbocycles.